The Labute approximate surface area is 82.3 Å². The van der Waals surface area contributed by atoms with Crippen molar-refractivity contribution in [2.45, 2.75) is 47.0 Å². The van der Waals surface area contributed by atoms with Crippen LogP contribution in [0.2, 0.25) is 0 Å². The number of amides is 1. The monoisotopic (exact) mass is 185 g/mol. The Morgan fingerprint density at radius 2 is 1.92 bits per heavy atom. The normalized spacial score (nSPS) is 10.5. The lowest BCUT2D eigenvalue weighted by molar-refractivity contribution is -0.129. The van der Waals surface area contributed by atoms with Crippen LogP contribution in [0, 0.1) is 5.92 Å². The van der Waals surface area contributed by atoms with Crippen molar-refractivity contribution in [3.63, 3.8) is 0 Å². The summed E-state index contributed by atoms with van der Waals surface area (Å²) >= 11 is 0. The van der Waals surface area contributed by atoms with Gasteiger partial charge in [0.2, 0.25) is 5.91 Å². The van der Waals surface area contributed by atoms with Gasteiger partial charge < -0.3 is 4.90 Å². The van der Waals surface area contributed by atoms with Gasteiger partial charge in [0.05, 0.1) is 0 Å². The van der Waals surface area contributed by atoms with E-state index in [9.17, 15) is 4.79 Å². The predicted molar refractivity (Wildman–Crippen MR) is 56.6 cm³/mol. The highest BCUT2D eigenvalue weighted by atomic mass is 16.2. The molecule has 2 nitrogen and oxygen atoms in total. The van der Waals surface area contributed by atoms with Crippen molar-refractivity contribution in [3.05, 3.63) is 0 Å². The van der Waals surface area contributed by atoms with Crippen LogP contribution in [0.5, 0.6) is 0 Å². The lowest BCUT2D eigenvalue weighted by atomic mass is 10.1. The number of carbonyl (C=O) groups is 1. The van der Waals surface area contributed by atoms with Gasteiger partial charge in [-0.05, 0) is 25.2 Å². The van der Waals surface area contributed by atoms with Gasteiger partial charge in [0.25, 0.3) is 0 Å². The molecule has 13 heavy (non-hydrogen) atoms. The zero-order chi connectivity index (χ0) is 10.3. The van der Waals surface area contributed by atoms with Crippen LogP contribution < -0.4 is 0 Å². The first-order valence-corrected chi connectivity index (χ1v) is 5.33. The van der Waals surface area contributed by atoms with E-state index in [0.29, 0.717) is 0 Å². The molecule has 78 valence electrons. The van der Waals surface area contributed by atoms with E-state index < -0.39 is 0 Å². The van der Waals surface area contributed by atoms with E-state index in [1.807, 2.05) is 4.90 Å². The largest absolute Gasteiger partial charge is 0.343 e. The first-order chi connectivity index (χ1) is 6.07. The molecule has 0 aromatic carbocycles. The lowest BCUT2D eigenvalue weighted by Gasteiger charge is -2.20. The summed E-state index contributed by atoms with van der Waals surface area (Å²) in [5, 5.41) is 0. The molecule has 0 spiro atoms. The SMILES string of the molecule is CCCN(CCCC(C)C)C(C)=O. The molecule has 0 aliphatic rings. The summed E-state index contributed by atoms with van der Waals surface area (Å²) in [6, 6.07) is 0. The highest BCUT2D eigenvalue weighted by Crippen LogP contribution is 2.05. The highest BCUT2D eigenvalue weighted by Gasteiger charge is 2.06. The second kappa shape index (κ2) is 6.93. The fourth-order valence-corrected chi connectivity index (χ4v) is 1.39. The maximum absolute atomic E-state index is 11.1. The summed E-state index contributed by atoms with van der Waals surface area (Å²) < 4.78 is 0. The molecule has 0 aliphatic heterocycles. The van der Waals surface area contributed by atoms with Crippen molar-refractivity contribution in [1.82, 2.24) is 4.90 Å². The van der Waals surface area contributed by atoms with Crippen LogP contribution in [0.15, 0.2) is 0 Å². The van der Waals surface area contributed by atoms with Crippen LogP contribution in [-0.4, -0.2) is 23.9 Å². The Bertz CT molecular complexity index is 143. The van der Waals surface area contributed by atoms with Crippen LogP contribution in [0.25, 0.3) is 0 Å². The molecule has 0 rings (SSSR count). The number of hydrogen-bond donors (Lipinski definition) is 0. The molecule has 0 radical (unpaired) electrons. The molecular formula is C11H23NO. The third-order valence-electron chi connectivity index (χ3n) is 2.15. The van der Waals surface area contributed by atoms with Gasteiger partial charge in [-0.1, -0.05) is 20.8 Å². The molecule has 0 aromatic rings. The van der Waals surface area contributed by atoms with Gasteiger partial charge in [-0.15, -0.1) is 0 Å². The zero-order valence-electron chi connectivity index (χ0n) is 9.47. The van der Waals surface area contributed by atoms with Gasteiger partial charge in [0.15, 0.2) is 0 Å². The molecule has 2 heteroatoms. The quantitative estimate of drug-likeness (QED) is 0.623. The Balaban J connectivity index is 3.63. The zero-order valence-corrected chi connectivity index (χ0v) is 9.47. The third-order valence-corrected chi connectivity index (χ3v) is 2.15. The molecule has 0 N–H and O–H groups in total. The number of rotatable bonds is 6. The van der Waals surface area contributed by atoms with Gasteiger partial charge in [-0.3, -0.25) is 4.79 Å². The maximum Gasteiger partial charge on any atom is 0.219 e. The second-order valence-electron chi connectivity index (χ2n) is 4.04. The fraction of sp³-hybridized carbons (Fsp3) is 0.909. The van der Waals surface area contributed by atoms with E-state index in [-0.39, 0.29) is 5.91 Å². The standard InChI is InChI=1S/C11H23NO/c1-5-8-12(11(4)13)9-6-7-10(2)3/h10H,5-9H2,1-4H3. The van der Waals surface area contributed by atoms with E-state index in [4.69, 9.17) is 0 Å². The van der Waals surface area contributed by atoms with E-state index in [0.717, 1.165) is 31.8 Å². The van der Waals surface area contributed by atoms with E-state index in [1.165, 1.54) is 6.42 Å². The molecule has 0 unspecified atom stereocenters. The van der Waals surface area contributed by atoms with Crippen molar-refractivity contribution in [1.29, 1.82) is 0 Å². The lowest BCUT2D eigenvalue weighted by Crippen LogP contribution is -2.30. The summed E-state index contributed by atoms with van der Waals surface area (Å²) in [4.78, 5) is 13.1. The molecule has 0 aromatic heterocycles. The Kier molecular flexibility index (Phi) is 6.65. The molecule has 0 bridgehead atoms. The number of carbonyl (C=O) groups excluding carboxylic acids is 1. The molecule has 0 saturated heterocycles. The predicted octanol–water partition coefficient (Wildman–Crippen LogP) is 2.68. The maximum atomic E-state index is 11.1. The van der Waals surface area contributed by atoms with Gasteiger partial charge >= 0.3 is 0 Å². The molecule has 0 fully saturated rings. The van der Waals surface area contributed by atoms with E-state index in [2.05, 4.69) is 20.8 Å². The van der Waals surface area contributed by atoms with Crippen LogP contribution >= 0.6 is 0 Å². The van der Waals surface area contributed by atoms with Crippen LogP contribution in [0.4, 0.5) is 0 Å². The van der Waals surface area contributed by atoms with Crippen LogP contribution in [0.1, 0.15) is 47.0 Å². The van der Waals surface area contributed by atoms with E-state index in [1.54, 1.807) is 6.92 Å². The van der Waals surface area contributed by atoms with Gasteiger partial charge in [-0.2, -0.15) is 0 Å². The van der Waals surface area contributed by atoms with Crippen LogP contribution in [-0.2, 0) is 4.79 Å². The summed E-state index contributed by atoms with van der Waals surface area (Å²) in [6.45, 7) is 10.0. The molecule has 0 saturated carbocycles. The second-order valence-corrected chi connectivity index (χ2v) is 4.04. The molecule has 0 heterocycles. The highest BCUT2D eigenvalue weighted by molar-refractivity contribution is 5.73. The third kappa shape index (κ3) is 6.62. The van der Waals surface area contributed by atoms with Crippen molar-refractivity contribution >= 4 is 5.91 Å². The average molecular weight is 185 g/mol. The van der Waals surface area contributed by atoms with Crippen molar-refractivity contribution < 1.29 is 4.79 Å². The van der Waals surface area contributed by atoms with Gasteiger partial charge in [0.1, 0.15) is 0 Å². The van der Waals surface area contributed by atoms with Gasteiger partial charge in [-0.25, -0.2) is 0 Å². The molecule has 0 atom stereocenters. The summed E-state index contributed by atoms with van der Waals surface area (Å²) in [6.07, 6.45) is 3.41. The Morgan fingerprint density at radius 3 is 2.31 bits per heavy atom. The first kappa shape index (κ1) is 12.5. The van der Waals surface area contributed by atoms with E-state index >= 15 is 0 Å². The molecule has 1 amide bonds. The first-order valence-electron chi connectivity index (χ1n) is 5.33. The van der Waals surface area contributed by atoms with Crippen molar-refractivity contribution in [2.24, 2.45) is 5.92 Å². The topological polar surface area (TPSA) is 20.3 Å². The Morgan fingerprint density at radius 1 is 1.31 bits per heavy atom. The minimum absolute atomic E-state index is 0.214. The fourth-order valence-electron chi connectivity index (χ4n) is 1.39. The van der Waals surface area contributed by atoms with Crippen LogP contribution in [0.3, 0.4) is 0 Å². The van der Waals surface area contributed by atoms with Gasteiger partial charge in [0, 0.05) is 20.0 Å². The number of nitrogens with zero attached hydrogens (tertiary/aromatic N) is 1. The summed E-state index contributed by atoms with van der Waals surface area (Å²) in [7, 11) is 0. The summed E-state index contributed by atoms with van der Waals surface area (Å²) in [5.74, 6) is 0.959. The smallest absolute Gasteiger partial charge is 0.219 e. The minimum atomic E-state index is 0.214. The average Bonchev–Trinajstić information content (AvgIpc) is 2.02. The molecular weight excluding hydrogens is 162 g/mol. The minimum Gasteiger partial charge on any atom is -0.343 e. The number of hydrogen-bond acceptors (Lipinski definition) is 1. The van der Waals surface area contributed by atoms with Crippen molar-refractivity contribution in [3.8, 4) is 0 Å². The molecule has 0 aliphatic carbocycles. The van der Waals surface area contributed by atoms with Crippen molar-refractivity contribution in [2.75, 3.05) is 13.1 Å². The Hall–Kier alpha value is -0.530. The summed E-state index contributed by atoms with van der Waals surface area (Å²) in [5.41, 5.74) is 0.